The lowest BCUT2D eigenvalue weighted by Gasteiger charge is -2.44. The van der Waals surface area contributed by atoms with Gasteiger partial charge in [-0.15, -0.1) is 0 Å². The normalized spacial score (nSPS) is 24.8. The van der Waals surface area contributed by atoms with Crippen molar-refractivity contribution in [3.63, 3.8) is 0 Å². The molecule has 3 aliphatic rings. The zero-order chi connectivity index (χ0) is 22.8. The van der Waals surface area contributed by atoms with Crippen molar-refractivity contribution in [1.82, 2.24) is 15.0 Å². The molecule has 1 aliphatic carbocycles. The van der Waals surface area contributed by atoms with E-state index in [1.165, 1.54) is 26.4 Å². The van der Waals surface area contributed by atoms with Gasteiger partial charge in [0.15, 0.2) is 11.6 Å². The van der Waals surface area contributed by atoms with Crippen molar-refractivity contribution in [2.45, 2.75) is 31.8 Å². The maximum atomic E-state index is 13.5. The van der Waals surface area contributed by atoms with E-state index in [1.54, 1.807) is 6.92 Å². The van der Waals surface area contributed by atoms with Crippen molar-refractivity contribution < 1.29 is 28.3 Å². The Morgan fingerprint density at radius 3 is 2.53 bits per heavy atom. The number of benzene rings is 1. The van der Waals surface area contributed by atoms with E-state index < -0.39 is 23.1 Å². The molecule has 1 saturated heterocycles. The Balaban J connectivity index is 1.43. The number of carbonyl (C=O) groups excluding carboxylic acids is 2. The number of aromatic nitrogens is 2. The number of ether oxygens (including phenoxy) is 3. The summed E-state index contributed by atoms with van der Waals surface area (Å²) in [5.74, 6) is 0.774. The van der Waals surface area contributed by atoms with Crippen LogP contribution in [-0.4, -0.2) is 59.5 Å². The van der Waals surface area contributed by atoms with Crippen LogP contribution in [0, 0.1) is 12.8 Å². The van der Waals surface area contributed by atoms with Gasteiger partial charge in [-0.1, -0.05) is 23.7 Å². The van der Waals surface area contributed by atoms with Crippen LogP contribution in [0.2, 0.25) is 5.02 Å². The molecule has 5 rings (SSSR count). The third kappa shape index (κ3) is 2.76. The number of hydrogen-bond acceptors (Lipinski definition) is 9. The minimum atomic E-state index is -1.66. The van der Waals surface area contributed by atoms with Gasteiger partial charge in [-0.25, -0.2) is 0 Å². The summed E-state index contributed by atoms with van der Waals surface area (Å²) in [6.07, 6.45) is 2.01. The molecule has 3 heterocycles. The summed E-state index contributed by atoms with van der Waals surface area (Å²) in [7, 11) is 2.90. The first-order valence-electron chi connectivity index (χ1n) is 10.3. The first-order chi connectivity index (χ1) is 15.3. The largest absolute Gasteiger partial charge is 0.496 e. The molecule has 1 aromatic heterocycles. The molecule has 0 unspecified atom stereocenters. The summed E-state index contributed by atoms with van der Waals surface area (Å²) >= 11 is 6.42. The van der Waals surface area contributed by atoms with Crippen molar-refractivity contribution in [1.29, 1.82) is 0 Å². The van der Waals surface area contributed by atoms with Gasteiger partial charge in [-0.05, 0) is 13.3 Å². The number of likely N-dealkylation sites (tertiary alicyclic amines) is 1. The quantitative estimate of drug-likeness (QED) is 0.638. The first-order valence-corrected chi connectivity index (χ1v) is 10.7. The fourth-order valence-corrected chi connectivity index (χ4v) is 4.94. The fourth-order valence-electron chi connectivity index (χ4n) is 4.67. The third-order valence-electron chi connectivity index (χ3n) is 6.47. The van der Waals surface area contributed by atoms with E-state index in [1.807, 2.05) is 6.92 Å². The zero-order valence-electron chi connectivity index (χ0n) is 18.1. The molecule has 2 aromatic rings. The van der Waals surface area contributed by atoms with Gasteiger partial charge in [-0.3, -0.25) is 9.59 Å². The number of Topliss-reactive ketones (excluding diaryl/α,β-unsaturated/α-hetero) is 1. The van der Waals surface area contributed by atoms with Crippen molar-refractivity contribution in [3.05, 3.63) is 40.1 Å². The summed E-state index contributed by atoms with van der Waals surface area (Å²) in [6.45, 7) is 4.96. The maximum absolute atomic E-state index is 13.5. The Bertz CT molecular complexity index is 1170. The van der Waals surface area contributed by atoms with Crippen LogP contribution in [0.4, 0.5) is 0 Å². The Labute approximate surface area is 189 Å². The average molecular weight is 460 g/mol. The molecule has 0 bridgehead atoms. The van der Waals surface area contributed by atoms with Crippen LogP contribution in [0.25, 0.3) is 0 Å². The van der Waals surface area contributed by atoms with Crippen LogP contribution in [0.15, 0.2) is 22.4 Å². The van der Waals surface area contributed by atoms with Gasteiger partial charge < -0.3 is 23.6 Å². The molecule has 1 spiro atoms. The number of nitrogens with zero attached hydrogens (tertiary/aromatic N) is 3. The van der Waals surface area contributed by atoms with Gasteiger partial charge in [-0.2, -0.15) is 4.98 Å². The van der Waals surface area contributed by atoms with Gasteiger partial charge in [0.1, 0.15) is 22.1 Å². The molecular weight excluding hydrogens is 438 g/mol. The maximum Gasteiger partial charge on any atom is 0.236 e. The second-order valence-electron chi connectivity index (χ2n) is 8.35. The minimum absolute atomic E-state index is 0.126. The SMILES string of the molecule is COc1cc(OC)c2c(c1Cl)O[C@@]1(C(=O)C=C(N3CC(c4nc(C)no4)C3)C[C@H]1C)C2=O. The smallest absolute Gasteiger partial charge is 0.236 e. The van der Waals surface area contributed by atoms with Crippen LogP contribution in [-0.2, 0) is 4.79 Å². The van der Waals surface area contributed by atoms with E-state index in [9.17, 15) is 9.59 Å². The number of ketones is 2. The van der Waals surface area contributed by atoms with Gasteiger partial charge in [0.2, 0.25) is 23.1 Å². The second-order valence-corrected chi connectivity index (χ2v) is 8.73. The van der Waals surface area contributed by atoms with E-state index >= 15 is 0 Å². The molecule has 1 fully saturated rings. The summed E-state index contributed by atoms with van der Waals surface area (Å²) in [4.78, 5) is 33.3. The lowest BCUT2D eigenvalue weighted by molar-refractivity contribution is -0.129. The predicted octanol–water partition coefficient (Wildman–Crippen LogP) is 2.95. The zero-order valence-corrected chi connectivity index (χ0v) is 18.9. The Hall–Kier alpha value is -3.07. The Morgan fingerprint density at radius 2 is 1.94 bits per heavy atom. The number of carbonyl (C=O) groups is 2. The van der Waals surface area contributed by atoms with Crippen LogP contribution >= 0.6 is 11.6 Å². The number of rotatable bonds is 4. The predicted molar refractivity (Wildman–Crippen MR) is 112 cm³/mol. The molecule has 0 saturated carbocycles. The fraction of sp³-hybridized carbons (Fsp3) is 0.455. The number of halogens is 1. The van der Waals surface area contributed by atoms with Gasteiger partial charge in [0, 0.05) is 36.8 Å². The van der Waals surface area contributed by atoms with Crippen molar-refractivity contribution >= 4 is 23.2 Å². The van der Waals surface area contributed by atoms with Crippen LogP contribution < -0.4 is 14.2 Å². The lowest BCUT2D eigenvalue weighted by atomic mass is 9.73. The van der Waals surface area contributed by atoms with Crippen molar-refractivity contribution in [2.75, 3.05) is 27.3 Å². The summed E-state index contributed by atoms with van der Waals surface area (Å²) < 4.78 is 22.0. The van der Waals surface area contributed by atoms with E-state index in [-0.39, 0.29) is 28.0 Å². The molecular formula is C22H22ClN3O6. The van der Waals surface area contributed by atoms with E-state index in [2.05, 4.69) is 15.0 Å². The van der Waals surface area contributed by atoms with Crippen molar-refractivity contribution in [2.24, 2.45) is 5.92 Å². The molecule has 32 heavy (non-hydrogen) atoms. The molecule has 0 amide bonds. The number of allylic oxidation sites excluding steroid dienone is 1. The average Bonchev–Trinajstić information content (AvgIpc) is 3.28. The van der Waals surface area contributed by atoms with E-state index in [0.717, 1.165) is 5.70 Å². The van der Waals surface area contributed by atoms with E-state index in [4.69, 9.17) is 30.3 Å². The Morgan fingerprint density at radius 1 is 1.22 bits per heavy atom. The topological polar surface area (TPSA) is 104 Å². The highest BCUT2D eigenvalue weighted by Crippen LogP contribution is 2.53. The number of fused-ring (bicyclic) bond motifs is 1. The number of methoxy groups -OCH3 is 2. The molecule has 9 nitrogen and oxygen atoms in total. The summed E-state index contributed by atoms with van der Waals surface area (Å²) in [5, 5.41) is 3.98. The minimum Gasteiger partial charge on any atom is -0.496 e. The third-order valence-corrected chi connectivity index (χ3v) is 6.83. The highest BCUT2D eigenvalue weighted by atomic mass is 35.5. The lowest BCUT2D eigenvalue weighted by Crippen LogP contribution is -2.56. The van der Waals surface area contributed by atoms with Gasteiger partial charge in [0.25, 0.3) is 0 Å². The molecule has 0 N–H and O–H groups in total. The van der Waals surface area contributed by atoms with Gasteiger partial charge >= 0.3 is 0 Å². The van der Waals surface area contributed by atoms with E-state index in [0.29, 0.717) is 37.0 Å². The molecule has 2 aliphatic heterocycles. The molecule has 1 aromatic carbocycles. The highest BCUT2D eigenvalue weighted by molar-refractivity contribution is 6.36. The summed E-state index contributed by atoms with van der Waals surface area (Å²) in [5.41, 5.74) is -0.627. The molecule has 168 valence electrons. The second kappa shape index (κ2) is 7.23. The van der Waals surface area contributed by atoms with Crippen LogP contribution in [0.5, 0.6) is 17.2 Å². The van der Waals surface area contributed by atoms with Crippen LogP contribution in [0.3, 0.4) is 0 Å². The molecule has 10 heteroatoms. The molecule has 2 atom stereocenters. The highest BCUT2D eigenvalue weighted by Gasteiger charge is 2.60. The monoisotopic (exact) mass is 459 g/mol. The number of hydrogen-bond donors (Lipinski definition) is 0. The molecule has 0 radical (unpaired) electrons. The Kier molecular flexibility index (Phi) is 4.70. The van der Waals surface area contributed by atoms with Crippen molar-refractivity contribution in [3.8, 4) is 17.2 Å². The number of aryl methyl sites for hydroxylation is 1. The van der Waals surface area contributed by atoms with Gasteiger partial charge in [0.05, 0.1) is 20.1 Å². The standard InChI is InChI=1S/C22H22ClN3O6/c1-10-5-13(26-8-12(9-26)21-24-11(2)25-32-21)6-16(27)22(10)20(28)17-14(29-3)7-15(30-4)18(23)19(17)31-22/h6-7,10,12H,5,8-9H2,1-4H3/t10-,22+/m1/s1. The first kappa shape index (κ1) is 20.8. The van der Waals surface area contributed by atoms with Crippen LogP contribution in [0.1, 0.15) is 41.3 Å². The summed E-state index contributed by atoms with van der Waals surface area (Å²) in [6, 6.07) is 1.53.